The highest BCUT2D eigenvalue weighted by Crippen LogP contribution is 2.26. The van der Waals surface area contributed by atoms with E-state index in [1.165, 1.54) is 51.0 Å². The third-order valence-corrected chi connectivity index (χ3v) is 4.93. The first-order valence-electron chi connectivity index (χ1n) is 8.22. The second-order valence-corrected chi connectivity index (χ2v) is 6.68. The van der Waals surface area contributed by atoms with Gasteiger partial charge in [-0.15, -0.1) is 12.4 Å². The molecule has 0 saturated carbocycles. The molecule has 2 aliphatic heterocycles. The van der Waals surface area contributed by atoms with Gasteiger partial charge >= 0.3 is 0 Å². The molecule has 0 radical (unpaired) electrons. The van der Waals surface area contributed by atoms with Crippen molar-refractivity contribution in [3.05, 3.63) is 18.0 Å². The Bertz CT molecular complexity index is 418. The lowest BCUT2D eigenvalue weighted by Crippen LogP contribution is -2.40. The predicted molar refractivity (Wildman–Crippen MR) is 88.9 cm³/mol. The zero-order valence-corrected chi connectivity index (χ0v) is 14.1. The summed E-state index contributed by atoms with van der Waals surface area (Å²) >= 11 is 0. The average molecular weight is 313 g/mol. The molecule has 0 bridgehead atoms. The Hall–Kier alpha value is -0.580. The third-order valence-electron chi connectivity index (χ3n) is 4.93. The van der Waals surface area contributed by atoms with Crippen LogP contribution in [-0.2, 0) is 6.54 Å². The van der Waals surface area contributed by atoms with E-state index in [9.17, 15) is 0 Å². The molecule has 1 aromatic rings. The first-order valence-corrected chi connectivity index (χ1v) is 8.22. The molecule has 120 valence electrons. The number of rotatable bonds is 4. The standard InChI is InChI=1S/C16H28N4.ClH/c1-13(2)20-15(5-9-18-20)12-19-10-6-14(7-11-19)16-4-3-8-17-16;/h5,9,13-14,16-17H,3-4,6-8,10-12H2,1-2H3;1H. The maximum absolute atomic E-state index is 4.44. The number of hydrogen-bond acceptors (Lipinski definition) is 3. The van der Waals surface area contributed by atoms with E-state index in [2.05, 4.69) is 39.9 Å². The zero-order valence-electron chi connectivity index (χ0n) is 13.3. The van der Waals surface area contributed by atoms with Crippen molar-refractivity contribution < 1.29 is 0 Å². The Balaban J connectivity index is 0.00000161. The van der Waals surface area contributed by atoms with E-state index >= 15 is 0 Å². The van der Waals surface area contributed by atoms with Gasteiger partial charge in [-0.1, -0.05) is 0 Å². The molecule has 21 heavy (non-hydrogen) atoms. The fourth-order valence-corrected chi connectivity index (χ4v) is 3.79. The Labute approximate surface area is 134 Å². The zero-order chi connectivity index (χ0) is 13.9. The fraction of sp³-hybridized carbons (Fsp3) is 0.812. The molecule has 2 aliphatic rings. The minimum Gasteiger partial charge on any atom is -0.314 e. The molecule has 1 atom stereocenters. The van der Waals surface area contributed by atoms with Crippen LogP contribution in [0.25, 0.3) is 0 Å². The van der Waals surface area contributed by atoms with Crippen LogP contribution >= 0.6 is 12.4 Å². The van der Waals surface area contributed by atoms with E-state index in [0.717, 1.165) is 18.5 Å². The van der Waals surface area contributed by atoms with E-state index in [4.69, 9.17) is 0 Å². The van der Waals surface area contributed by atoms with E-state index in [1.54, 1.807) is 0 Å². The van der Waals surface area contributed by atoms with E-state index in [0.29, 0.717) is 6.04 Å². The maximum atomic E-state index is 4.44. The van der Waals surface area contributed by atoms with Crippen molar-refractivity contribution in [1.82, 2.24) is 20.0 Å². The van der Waals surface area contributed by atoms with E-state index < -0.39 is 0 Å². The van der Waals surface area contributed by atoms with Gasteiger partial charge in [-0.3, -0.25) is 9.58 Å². The molecule has 1 unspecified atom stereocenters. The van der Waals surface area contributed by atoms with Gasteiger partial charge < -0.3 is 5.32 Å². The van der Waals surface area contributed by atoms with Crippen molar-refractivity contribution in [2.45, 2.75) is 58.2 Å². The molecule has 5 heteroatoms. The van der Waals surface area contributed by atoms with Gasteiger partial charge in [0, 0.05) is 24.8 Å². The van der Waals surface area contributed by atoms with Crippen LogP contribution in [0, 0.1) is 5.92 Å². The van der Waals surface area contributed by atoms with Gasteiger partial charge in [0.15, 0.2) is 0 Å². The summed E-state index contributed by atoms with van der Waals surface area (Å²) in [7, 11) is 0. The smallest absolute Gasteiger partial charge is 0.0527 e. The number of nitrogens with zero attached hydrogens (tertiary/aromatic N) is 3. The van der Waals surface area contributed by atoms with Crippen LogP contribution in [0.3, 0.4) is 0 Å². The van der Waals surface area contributed by atoms with Crippen molar-refractivity contribution in [3.8, 4) is 0 Å². The number of piperidine rings is 1. The minimum atomic E-state index is 0. The molecular weight excluding hydrogens is 284 g/mol. The van der Waals surface area contributed by atoms with Crippen molar-refractivity contribution in [1.29, 1.82) is 0 Å². The van der Waals surface area contributed by atoms with Gasteiger partial charge in [0.05, 0.1) is 5.69 Å². The summed E-state index contributed by atoms with van der Waals surface area (Å²) in [4.78, 5) is 2.60. The molecular formula is C16H29ClN4. The van der Waals surface area contributed by atoms with Crippen molar-refractivity contribution in [2.75, 3.05) is 19.6 Å². The van der Waals surface area contributed by atoms with Gasteiger partial charge in [0.1, 0.15) is 0 Å². The quantitative estimate of drug-likeness (QED) is 0.928. The normalized spacial score (nSPS) is 24.4. The number of hydrogen-bond donors (Lipinski definition) is 1. The lowest BCUT2D eigenvalue weighted by molar-refractivity contribution is 0.153. The minimum absolute atomic E-state index is 0. The predicted octanol–water partition coefficient (Wildman–Crippen LogP) is 2.85. The number of nitrogens with one attached hydrogen (secondary N) is 1. The first kappa shape index (κ1) is 16.8. The Morgan fingerprint density at radius 2 is 2.05 bits per heavy atom. The Morgan fingerprint density at radius 1 is 1.29 bits per heavy atom. The average Bonchev–Trinajstić information content (AvgIpc) is 3.10. The van der Waals surface area contributed by atoms with Crippen LogP contribution in [0.1, 0.15) is 51.3 Å². The molecule has 2 fully saturated rings. The second kappa shape index (κ2) is 7.61. The van der Waals surface area contributed by atoms with E-state index in [1.807, 2.05) is 6.20 Å². The molecule has 3 heterocycles. The van der Waals surface area contributed by atoms with Crippen LogP contribution in [0.4, 0.5) is 0 Å². The first-order chi connectivity index (χ1) is 9.74. The summed E-state index contributed by atoms with van der Waals surface area (Å²) in [5.41, 5.74) is 1.36. The number of aromatic nitrogens is 2. The van der Waals surface area contributed by atoms with E-state index in [-0.39, 0.29) is 12.4 Å². The Morgan fingerprint density at radius 3 is 2.67 bits per heavy atom. The van der Waals surface area contributed by atoms with Crippen molar-refractivity contribution in [2.24, 2.45) is 5.92 Å². The lowest BCUT2D eigenvalue weighted by atomic mass is 9.88. The van der Waals surface area contributed by atoms with Gasteiger partial charge in [0.25, 0.3) is 0 Å². The van der Waals surface area contributed by atoms with Crippen molar-refractivity contribution >= 4 is 12.4 Å². The highest BCUT2D eigenvalue weighted by Gasteiger charge is 2.28. The number of halogens is 1. The summed E-state index contributed by atoms with van der Waals surface area (Å²) in [6.45, 7) is 9.18. The molecule has 0 aromatic carbocycles. The summed E-state index contributed by atoms with van der Waals surface area (Å²) < 4.78 is 2.16. The summed E-state index contributed by atoms with van der Waals surface area (Å²) in [6, 6.07) is 3.43. The molecule has 1 N–H and O–H groups in total. The van der Waals surface area contributed by atoms with Crippen LogP contribution in [-0.4, -0.2) is 40.4 Å². The third kappa shape index (κ3) is 3.99. The van der Waals surface area contributed by atoms with Crippen LogP contribution < -0.4 is 5.32 Å². The van der Waals surface area contributed by atoms with Crippen molar-refractivity contribution in [3.63, 3.8) is 0 Å². The highest BCUT2D eigenvalue weighted by molar-refractivity contribution is 5.85. The van der Waals surface area contributed by atoms with Gasteiger partial charge in [-0.05, 0) is 71.1 Å². The molecule has 1 aromatic heterocycles. The van der Waals surface area contributed by atoms with Gasteiger partial charge in [-0.25, -0.2) is 0 Å². The maximum Gasteiger partial charge on any atom is 0.0527 e. The summed E-state index contributed by atoms with van der Waals surface area (Å²) in [5.74, 6) is 0.906. The summed E-state index contributed by atoms with van der Waals surface area (Å²) in [6.07, 6.45) is 7.41. The topological polar surface area (TPSA) is 33.1 Å². The fourth-order valence-electron chi connectivity index (χ4n) is 3.79. The second-order valence-electron chi connectivity index (χ2n) is 6.68. The van der Waals surface area contributed by atoms with Gasteiger partial charge in [-0.2, -0.15) is 5.10 Å². The molecule has 3 rings (SSSR count). The van der Waals surface area contributed by atoms with Crippen LogP contribution in [0.2, 0.25) is 0 Å². The number of likely N-dealkylation sites (tertiary alicyclic amines) is 1. The Kier molecular flexibility index (Phi) is 6.08. The largest absolute Gasteiger partial charge is 0.314 e. The summed E-state index contributed by atoms with van der Waals surface area (Å²) in [5, 5.41) is 8.12. The molecule has 4 nitrogen and oxygen atoms in total. The molecule has 0 amide bonds. The SMILES string of the molecule is CC(C)n1nccc1CN1CCC(C2CCCN2)CC1.Cl. The lowest BCUT2D eigenvalue weighted by Gasteiger charge is -2.35. The monoisotopic (exact) mass is 312 g/mol. The molecule has 2 saturated heterocycles. The van der Waals surface area contributed by atoms with Gasteiger partial charge in [0.2, 0.25) is 0 Å². The molecule has 0 aliphatic carbocycles. The van der Waals surface area contributed by atoms with Crippen LogP contribution in [0.5, 0.6) is 0 Å². The van der Waals surface area contributed by atoms with Crippen LogP contribution in [0.15, 0.2) is 12.3 Å². The molecule has 0 spiro atoms. The highest BCUT2D eigenvalue weighted by atomic mass is 35.5.